The standard InChI is InChI=1S/C19H37N3O4/c1-17(2,3)11-12(14(23)20-10)21-15(24)13(18(4,5)6)22-16(25)26-19(7,8)9/h12-13H,11H2,1-10H3,(H,20,23)(H,21,24)(H,22,25)/t12-,13+/m0/s1. The quantitative estimate of drug-likeness (QED) is 0.692. The minimum atomic E-state index is -0.843. The maximum absolute atomic E-state index is 12.8. The summed E-state index contributed by atoms with van der Waals surface area (Å²) in [5, 5.41) is 7.99. The Balaban J connectivity index is 5.34. The van der Waals surface area contributed by atoms with E-state index in [1.165, 1.54) is 7.05 Å². The Morgan fingerprint density at radius 2 is 1.35 bits per heavy atom. The van der Waals surface area contributed by atoms with Gasteiger partial charge in [0.15, 0.2) is 0 Å². The third-order valence-corrected chi connectivity index (χ3v) is 3.49. The predicted octanol–water partition coefficient (Wildman–Crippen LogP) is 2.59. The molecule has 0 saturated carbocycles. The molecule has 0 aliphatic heterocycles. The molecule has 0 aliphatic carbocycles. The van der Waals surface area contributed by atoms with E-state index in [0.29, 0.717) is 6.42 Å². The Bertz CT molecular complexity index is 510. The van der Waals surface area contributed by atoms with Gasteiger partial charge in [0.1, 0.15) is 17.7 Å². The van der Waals surface area contributed by atoms with Crippen LogP contribution in [0.15, 0.2) is 0 Å². The summed E-state index contributed by atoms with van der Waals surface area (Å²) in [4.78, 5) is 37.1. The Morgan fingerprint density at radius 1 is 0.846 bits per heavy atom. The van der Waals surface area contributed by atoms with Crippen LogP contribution in [0.1, 0.15) is 68.7 Å². The van der Waals surface area contributed by atoms with Crippen molar-refractivity contribution < 1.29 is 19.1 Å². The lowest BCUT2D eigenvalue weighted by atomic mass is 9.84. The highest BCUT2D eigenvalue weighted by Crippen LogP contribution is 2.23. The van der Waals surface area contributed by atoms with E-state index in [4.69, 9.17) is 4.74 Å². The van der Waals surface area contributed by atoms with Crippen LogP contribution in [0.4, 0.5) is 4.79 Å². The molecule has 0 fully saturated rings. The molecule has 0 aromatic carbocycles. The highest BCUT2D eigenvalue weighted by atomic mass is 16.6. The van der Waals surface area contributed by atoms with Crippen LogP contribution in [0, 0.1) is 10.8 Å². The lowest BCUT2D eigenvalue weighted by molar-refractivity contribution is -0.132. The number of carbonyl (C=O) groups is 3. The zero-order chi connectivity index (χ0) is 20.9. The second-order valence-corrected chi connectivity index (χ2v) is 9.89. The molecule has 7 heteroatoms. The number of ether oxygens (including phenoxy) is 1. The zero-order valence-corrected chi connectivity index (χ0v) is 18.0. The summed E-state index contributed by atoms with van der Waals surface area (Å²) in [6.45, 7) is 16.8. The number of hydrogen-bond acceptors (Lipinski definition) is 4. The fourth-order valence-corrected chi connectivity index (χ4v) is 2.35. The largest absolute Gasteiger partial charge is 0.444 e. The molecule has 0 radical (unpaired) electrons. The second-order valence-electron chi connectivity index (χ2n) is 9.89. The van der Waals surface area contributed by atoms with Crippen LogP contribution in [-0.2, 0) is 14.3 Å². The lowest BCUT2D eigenvalue weighted by Crippen LogP contribution is -2.58. The molecular weight excluding hydrogens is 334 g/mol. The number of nitrogens with one attached hydrogen (secondary N) is 3. The van der Waals surface area contributed by atoms with Crippen LogP contribution in [0.3, 0.4) is 0 Å². The molecule has 0 heterocycles. The minimum Gasteiger partial charge on any atom is -0.444 e. The molecular formula is C19H37N3O4. The van der Waals surface area contributed by atoms with Crippen molar-refractivity contribution in [2.45, 2.75) is 86.4 Å². The van der Waals surface area contributed by atoms with E-state index in [2.05, 4.69) is 16.0 Å². The molecule has 0 unspecified atom stereocenters. The van der Waals surface area contributed by atoms with Crippen molar-refractivity contribution in [1.82, 2.24) is 16.0 Å². The second kappa shape index (κ2) is 8.73. The summed E-state index contributed by atoms with van der Waals surface area (Å²) in [6, 6.07) is -1.53. The maximum atomic E-state index is 12.8. The van der Waals surface area contributed by atoms with Gasteiger partial charge in [-0.25, -0.2) is 4.79 Å². The average Bonchev–Trinajstić information content (AvgIpc) is 2.38. The number of rotatable bonds is 5. The van der Waals surface area contributed by atoms with Crippen LogP contribution < -0.4 is 16.0 Å². The molecule has 3 N–H and O–H groups in total. The van der Waals surface area contributed by atoms with E-state index in [0.717, 1.165) is 0 Å². The van der Waals surface area contributed by atoms with E-state index in [9.17, 15) is 14.4 Å². The van der Waals surface area contributed by atoms with Crippen molar-refractivity contribution in [2.75, 3.05) is 7.05 Å². The van der Waals surface area contributed by atoms with Gasteiger partial charge in [0.2, 0.25) is 11.8 Å². The van der Waals surface area contributed by atoms with Gasteiger partial charge >= 0.3 is 6.09 Å². The molecule has 0 aromatic rings. The normalized spacial score (nSPS) is 14.8. The molecule has 3 amide bonds. The molecule has 0 rings (SSSR count). The van der Waals surface area contributed by atoms with Gasteiger partial charge in [-0.3, -0.25) is 9.59 Å². The van der Waals surface area contributed by atoms with Gasteiger partial charge in [-0.05, 0) is 38.0 Å². The van der Waals surface area contributed by atoms with Gasteiger partial charge in [0.25, 0.3) is 0 Å². The number of likely N-dealkylation sites (N-methyl/N-ethyl adjacent to an activating group) is 1. The Hall–Kier alpha value is -1.79. The molecule has 152 valence electrons. The van der Waals surface area contributed by atoms with Crippen molar-refractivity contribution in [3.8, 4) is 0 Å². The molecule has 0 bridgehead atoms. The van der Waals surface area contributed by atoms with Crippen LogP contribution in [-0.4, -0.2) is 42.6 Å². The zero-order valence-electron chi connectivity index (χ0n) is 18.0. The van der Waals surface area contributed by atoms with Gasteiger partial charge in [0.05, 0.1) is 0 Å². The van der Waals surface area contributed by atoms with Gasteiger partial charge in [-0.1, -0.05) is 41.5 Å². The van der Waals surface area contributed by atoms with E-state index < -0.39 is 35.1 Å². The molecule has 0 spiro atoms. The summed E-state index contributed by atoms with van der Waals surface area (Å²) in [6.07, 6.45) is -0.193. The van der Waals surface area contributed by atoms with Crippen molar-refractivity contribution in [3.63, 3.8) is 0 Å². The lowest BCUT2D eigenvalue weighted by Gasteiger charge is -2.33. The number of amides is 3. The average molecular weight is 372 g/mol. The molecule has 26 heavy (non-hydrogen) atoms. The summed E-state index contributed by atoms with van der Waals surface area (Å²) < 4.78 is 5.26. The minimum absolute atomic E-state index is 0.153. The monoisotopic (exact) mass is 371 g/mol. The van der Waals surface area contributed by atoms with E-state index >= 15 is 0 Å². The Labute approximate surface area is 158 Å². The third kappa shape index (κ3) is 9.63. The predicted molar refractivity (Wildman–Crippen MR) is 103 cm³/mol. The summed E-state index contributed by atoms with van der Waals surface area (Å²) >= 11 is 0. The van der Waals surface area contributed by atoms with Crippen LogP contribution >= 0.6 is 0 Å². The van der Waals surface area contributed by atoms with Gasteiger partial charge in [-0.2, -0.15) is 0 Å². The number of carbonyl (C=O) groups excluding carboxylic acids is 3. The molecule has 2 atom stereocenters. The number of hydrogen-bond donors (Lipinski definition) is 3. The van der Waals surface area contributed by atoms with Gasteiger partial charge in [0, 0.05) is 7.05 Å². The maximum Gasteiger partial charge on any atom is 0.408 e. The molecule has 0 aromatic heterocycles. The van der Waals surface area contributed by atoms with Crippen molar-refractivity contribution in [2.24, 2.45) is 10.8 Å². The Morgan fingerprint density at radius 3 is 1.69 bits per heavy atom. The van der Waals surface area contributed by atoms with Crippen LogP contribution in [0.2, 0.25) is 0 Å². The van der Waals surface area contributed by atoms with Crippen LogP contribution in [0.25, 0.3) is 0 Å². The molecule has 7 nitrogen and oxygen atoms in total. The Kier molecular flexibility index (Phi) is 8.13. The topological polar surface area (TPSA) is 96.5 Å². The first-order valence-corrected chi connectivity index (χ1v) is 8.98. The van der Waals surface area contributed by atoms with E-state index in [-0.39, 0.29) is 11.3 Å². The first kappa shape index (κ1) is 24.2. The highest BCUT2D eigenvalue weighted by molar-refractivity contribution is 5.91. The van der Waals surface area contributed by atoms with E-state index in [1.54, 1.807) is 20.8 Å². The fraction of sp³-hybridized carbons (Fsp3) is 0.842. The fourth-order valence-electron chi connectivity index (χ4n) is 2.35. The van der Waals surface area contributed by atoms with Crippen molar-refractivity contribution in [1.29, 1.82) is 0 Å². The third-order valence-electron chi connectivity index (χ3n) is 3.49. The summed E-state index contributed by atoms with van der Waals surface area (Å²) in [5.41, 5.74) is -1.38. The van der Waals surface area contributed by atoms with Crippen molar-refractivity contribution >= 4 is 17.9 Å². The molecule has 0 aliphatic rings. The van der Waals surface area contributed by atoms with Crippen LogP contribution in [0.5, 0.6) is 0 Å². The van der Waals surface area contributed by atoms with Gasteiger partial charge in [-0.15, -0.1) is 0 Å². The smallest absolute Gasteiger partial charge is 0.408 e. The number of alkyl carbamates (subject to hydrolysis) is 1. The highest BCUT2D eigenvalue weighted by Gasteiger charge is 2.36. The SMILES string of the molecule is CNC(=O)[C@H](CC(C)(C)C)NC(=O)[C@@H](NC(=O)OC(C)(C)C)C(C)(C)C. The summed E-state index contributed by atoms with van der Waals surface area (Å²) in [5.74, 6) is -0.681. The van der Waals surface area contributed by atoms with E-state index in [1.807, 2.05) is 41.5 Å². The van der Waals surface area contributed by atoms with Crippen molar-refractivity contribution in [3.05, 3.63) is 0 Å². The summed E-state index contributed by atoms with van der Waals surface area (Å²) in [7, 11) is 1.53. The van der Waals surface area contributed by atoms with Gasteiger partial charge < -0.3 is 20.7 Å². The first-order chi connectivity index (χ1) is 11.5. The first-order valence-electron chi connectivity index (χ1n) is 8.98. The molecule has 0 saturated heterocycles.